The van der Waals surface area contributed by atoms with E-state index >= 15 is 0 Å². The molecular weight excluding hydrogens is 436 g/mol. The highest BCUT2D eigenvalue weighted by molar-refractivity contribution is 7.85. The van der Waals surface area contributed by atoms with Gasteiger partial charge in [-0.1, -0.05) is 24.3 Å². The predicted octanol–water partition coefficient (Wildman–Crippen LogP) is 5.18. The van der Waals surface area contributed by atoms with Gasteiger partial charge in [0.15, 0.2) is 29.0 Å². The van der Waals surface area contributed by atoms with Crippen molar-refractivity contribution in [3.8, 4) is 5.75 Å². The van der Waals surface area contributed by atoms with E-state index in [2.05, 4.69) is 0 Å². The Morgan fingerprint density at radius 2 is 1.58 bits per heavy atom. The molecule has 0 bridgehead atoms. The first kappa shape index (κ1) is 22.8. The summed E-state index contributed by atoms with van der Waals surface area (Å²) in [6, 6.07) is 10.2. The molecule has 4 nitrogen and oxygen atoms in total. The number of halogens is 4. The molecule has 1 N–H and O–H groups in total. The van der Waals surface area contributed by atoms with Crippen molar-refractivity contribution in [2.24, 2.45) is 0 Å². The molecule has 0 radical (unpaired) electrons. The molecule has 0 aliphatic carbocycles. The summed E-state index contributed by atoms with van der Waals surface area (Å²) in [6.07, 6.45) is -0.0208. The molecule has 0 fully saturated rings. The van der Waals surface area contributed by atoms with Crippen molar-refractivity contribution in [1.29, 1.82) is 0 Å². The van der Waals surface area contributed by atoms with Gasteiger partial charge in [-0.05, 0) is 54.3 Å². The van der Waals surface area contributed by atoms with Crippen LogP contribution in [0.25, 0.3) is 0 Å². The lowest BCUT2D eigenvalue weighted by Crippen LogP contribution is -2.12. The Kier molecular flexibility index (Phi) is 6.38. The van der Waals surface area contributed by atoms with Crippen LogP contribution in [0.1, 0.15) is 28.2 Å². The molecule has 0 saturated heterocycles. The summed E-state index contributed by atoms with van der Waals surface area (Å²) in [5.74, 6) is -6.25. The molecule has 1 atom stereocenters. The highest BCUT2D eigenvalue weighted by atomic mass is 32.2. The van der Waals surface area contributed by atoms with E-state index in [1.54, 1.807) is 0 Å². The Morgan fingerprint density at radius 3 is 2.16 bits per heavy atom. The zero-order valence-corrected chi connectivity index (χ0v) is 17.3. The number of ether oxygens (including phenoxy) is 1. The minimum absolute atomic E-state index is 0.0208. The third kappa shape index (κ3) is 4.57. The summed E-state index contributed by atoms with van der Waals surface area (Å²) in [7, 11) is -3.18. The van der Waals surface area contributed by atoms with Gasteiger partial charge in [-0.2, -0.15) is 8.42 Å². The van der Waals surface area contributed by atoms with Crippen molar-refractivity contribution in [2.45, 2.75) is 24.2 Å². The fraction of sp³-hybridized carbons (Fsp3) is 0.182. The first-order valence-corrected chi connectivity index (χ1v) is 10.5. The first-order chi connectivity index (χ1) is 14.5. The second-order valence-electron chi connectivity index (χ2n) is 6.96. The Hall–Kier alpha value is -2.91. The van der Waals surface area contributed by atoms with Gasteiger partial charge in [-0.25, -0.2) is 17.6 Å². The highest BCUT2D eigenvalue weighted by Gasteiger charge is 2.27. The number of hydrogen-bond donors (Lipinski definition) is 1. The van der Waals surface area contributed by atoms with Gasteiger partial charge in [0.25, 0.3) is 10.1 Å². The fourth-order valence-electron chi connectivity index (χ4n) is 3.45. The molecule has 0 aliphatic rings. The number of benzene rings is 3. The minimum atomic E-state index is -4.41. The zero-order valence-electron chi connectivity index (χ0n) is 16.5. The highest BCUT2D eigenvalue weighted by Crippen LogP contribution is 2.38. The van der Waals surface area contributed by atoms with Gasteiger partial charge in [0, 0.05) is 11.5 Å². The van der Waals surface area contributed by atoms with Crippen molar-refractivity contribution in [1.82, 2.24) is 0 Å². The van der Waals surface area contributed by atoms with E-state index in [0.717, 1.165) is 24.3 Å². The quantitative estimate of drug-likeness (QED) is 0.317. The monoisotopic (exact) mass is 454 g/mol. The smallest absolute Gasteiger partial charge is 0.294 e. The van der Waals surface area contributed by atoms with Gasteiger partial charge in [0.2, 0.25) is 0 Å². The molecular formula is C22H18F4O4S. The van der Waals surface area contributed by atoms with Crippen LogP contribution in [0.4, 0.5) is 17.6 Å². The lowest BCUT2D eigenvalue weighted by molar-refractivity contribution is 0.378. The molecule has 3 rings (SSSR count). The van der Waals surface area contributed by atoms with Crippen LogP contribution < -0.4 is 4.74 Å². The standard InChI is InChI=1S/C22H18F4O4S/c1-12-10-17(20(25)21(26)19(12)24)16(15-4-3-5-18(23)22(15)30-2)11-13-6-8-14(9-7-13)31(27,28)29/h3-10,16H,11H2,1-2H3,(H,27,28,29). The second-order valence-corrected chi connectivity index (χ2v) is 8.38. The Bertz CT molecular complexity index is 1230. The van der Waals surface area contributed by atoms with Crippen LogP contribution in [-0.2, 0) is 16.5 Å². The van der Waals surface area contributed by atoms with E-state index < -0.39 is 39.3 Å². The Morgan fingerprint density at radius 1 is 0.935 bits per heavy atom. The molecule has 3 aromatic carbocycles. The van der Waals surface area contributed by atoms with E-state index in [4.69, 9.17) is 9.29 Å². The Balaban J connectivity index is 2.18. The van der Waals surface area contributed by atoms with Gasteiger partial charge in [0.05, 0.1) is 12.0 Å². The lowest BCUT2D eigenvalue weighted by atomic mass is 9.84. The van der Waals surface area contributed by atoms with E-state index in [-0.39, 0.29) is 33.8 Å². The maximum Gasteiger partial charge on any atom is 0.294 e. The minimum Gasteiger partial charge on any atom is -0.493 e. The maximum atomic E-state index is 14.8. The number of para-hydroxylation sites is 1. The maximum absolute atomic E-state index is 14.8. The molecule has 0 aromatic heterocycles. The van der Waals surface area contributed by atoms with Crippen LogP contribution >= 0.6 is 0 Å². The third-order valence-corrected chi connectivity index (χ3v) is 5.84. The molecule has 0 spiro atoms. The average molecular weight is 454 g/mol. The van der Waals surface area contributed by atoms with Gasteiger partial charge in [-0.15, -0.1) is 0 Å². The van der Waals surface area contributed by atoms with Crippen LogP contribution in [0.3, 0.4) is 0 Å². The summed E-state index contributed by atoms with van der Waals surface area (Å²) in [4.78, 5) is -0.342. The average Bonchev–Trinajstić information content (AvgIpc) is 2.73. The molecule has 0 aliphatic heterocycles. The Labute approximate surface area is 176 Å². The topological polar surface area (TPSA) is 63.6 Å². The molecule has 3 aromatic rings. The first-order valence-electron chi connectivity index (χ1n) is 9.07. The van der Waals surface area contributed by atoms with E-state index in [1.807, 2.05) is 0 Å². The number of aryl methyl sites for hydroxylation is 1. The second kappa shape index (κ2) is 8.68. The zero-order chi connectivity index (χ0) is 22.9. The largest absolute Gasteiger partial charge is 0.493 e. The third-order valence-electron chi connectivity index (χ3n) is 4.97. The van der Waals surface area contributed by atoms with Crippen LogP contribution in [0.2, 0.25) is 0 Å². The van der Waals surface area contributed by atoms with Crippen molar-refractivity contribution < 1.29 is 35.3 Å². The molecule has 9 heteroatoms. The van der Waals surface area contributed by atoms with Crippen molar-refractivity contribution in [3.05, 3.63) is 94.1 Å². The molecule has 0 saturated carbocycles. The normalized spacial score (nSPS) is 12.6. The summed E-state index contributed by atoms with van der Waals surface area (Å²) >= 11 is 0. The molecule has 1 unspecified atom stereocenters. The summed E-state index contributed by atoms with van der Waals surface area (Å²) in [5, 5.41) is 0. The van der Waals surface area contributed by atoms with Crippen molar-refractivity contribution in [2.75, 3.05) is 7.11 Å². The van der Waals surface area contributed by atoms with E-state index in [9.17, 15) is 26.0 Å². The predicted molar refractivity (Wildman–Crippen MR) is 106 cm³/mol. The van der Waals surface area contributed by atoms with E-state index in [1.165, 1.54) is 38.3 Å². The van der Waals surface area contributed by atoms with Gasteiger partial charge >= 0.3 is 0 Å². The fourth-order valence-corrected chi connectivity index (χ4v) is 3.93. The van der Waals surface area contributed by atoms with Gasteiger partial charge < -0.3 is 4.74 Å². The number of rotatable bonds is 6. The van der Waals surface area contributed by atoms with Crippen LogP contribution in [0, 0.1) is 30.2 Å². The van der Waals surface area contributed by atoms with Gasteiger partial charge in [-0.3, -0.25) is 4.55 Å². The molecule has 0 heterocycles. The summed E-state index contributed by atoms with van der Waals surface area (Å²) in [5.41, 5.74) is 0.339. The van der Waals surface area contributed by atoms with Crippen molar-refractivity contribution >= 4 is 10.1 Å². The number of methoxy groups -OCH3 is 1. The number of hydrogen-bond acceptors (Lipinski definition) is 3. The lowest BCUT2D eigenvalue weighted by Gasteiger charge is -2.22. The van der Waals surface area contributed by atoms with Crippen LogP contribution in [0.15, 0.2) is 53.4 Å². The molecule has 0 amide bonds. The van der Waals surface area contributed by atoms with Crippen LogP contribution in [0.5, 0.6) is 5.75 Å². The van der Waals surface area contributed by atoms with Gasteiger partial charge in [0.1, 0.15) is 0 Å². The molecule has 164 valence electrons. The van der Waals surface area contributed by atoms with E-state index in [0.29, 0.717) is 5.56 Å². The summed E-state index contributed by atoms with van der Waals surface area (Å²) < 4.78 is 93.9. The summed E-state index contributed by atoms with van der Waals surface area (Å²) in [6.45, 7) is 1.28. The van der Waals surface area contributed by atoms with Crippen LogP contribution in [-0.4, -0.2) is 20.1 Å². The SMILES string of the molecule is COc1c(F)cccc1C(Cc1ccc(S(=O)(=O)O)cc1)c1cc(C)c(F)c(F)c1F. The van der Waals surface area contributed by atoms with Crippen molar-refractivity contribution in [3.63, 3.8) is 0 Å². The molecule has 31 heavy (non-hydrogen) atoms.